The third-order valence-corrected chi connectivity index (χ3v) is 6.42. The molecule has 2 aromatic carbocycles. The van der Waals surface area contributed by atoms with Gasteiger partial charge in [0, 0.05) is 6.04 Å². The van der Waals surface area contributed by atoms with Crippen LogP contribution < -0.4 is 16.6 Å². The van der Waals surface area contributed by atoms with E-state index in [1.54, 1.807) is 23.6 Å². The van der Waals surface area contributed by atoms with Gasteiger partial charge in [0.05, 0.1) is 11.2 Å². The molecule has 32 heavy (non-hydrogen) atoms. The minimum atomic E-state index is -0.512. The lowest BCUT2D eigenvalue weighted by Gasteiger charge is -2.16. The van der Waals surface area contributed by atoms with Crippen LogP contribution >= 0.6 is 11.3 Å². The summed E-state index contributed by atoms with van der Waals surface area (Å²) in [5.41, 5.74) is 2.18. The fourth-order valence-electron chi connectivity index (χ4n) is 3.83. The molecule has 6 nitrogen and oxygen atoms in total. The molecule has 0 saturated carbocycles. The summed E-state index contributed by atoms with van der Waals surface area (Å²) in [6.45, 7) is 3.66. The van der Waals surface area contributed by atoms with E-state index < -0.39 is 5.69 Å². The van der Waals surface area contributed by atoms with Gasteiger partial charge in [0.15, 0.2) is 0 Å². The molecule has 164 valence electrons. The molecule has 0 unspecified atom stereocenters. The highest BCUT2D eigenvalue weighted by molar-refractivity contribution is 7.17. The predicted octanol–water partition coefficient (Wildman–Crippen LogP) is 3.66. The maximum absolute atomic E-state index is 13.3. The highest BCUT2D eigenvalue weighted by atomic mass is 32.1. The summed E-state index contributed by atoms with van der Waals surface area (Å²) in [7, 11) is 0. The second-order valence-corrected chi connectivity index (χ2v) is 8.84. The van der Waals surface area contributed by atoms with E-state index in [1.165, 1.54) is 26.0 Å². The highest BCUT2D eigenvalue weighted by Crippen LogP contribution is 2.17. The zero-order valence-corrected chi connectivity index (χ0v) is 18.9. The summed E-state index contributed by atoms with van der Waals surface area (Å²) in [5.74, 6) is -0.254. The summed E-state index contributed by atoms with van der Waals surface area (Å²) < 4.78 is 3.01. The van der Waals surface area contributed by atoms with Crippen molar-refractivity contribution < 1.29 is 4.79 Å². The molecule has 4 aromatic rings. The highest BCUT2D eigenvalue weighted by Gasteiger charge is 2.19. The molecular weight excluding hydrogens is 422 g/mol. The lowest BCUT2D eigenvalue weighted by Crippen LogP contribution is -2.43. The summed E-state index contributed by atoms with van der Waals surface area (Å²) in [6, 6.07) is 19.0. The fourth-order valence-corrected chi connectivity index (χ4v) is 4.66. The van der Waals surface area contributed by atoms with Gasteiger partial charge in [-0.2, -0.15) is 0 Å². The molecule has 0 fully saturated rings. The molecule has 1 N–H and O–H groups in total. The van der Waals surface area contributed by atoms with Crippen LogP contribution in [0.3, 0.4) is 0 Å². The summed E-state index contributed by atoms with van der Waals surface area (Å²) >= 11 is 1.27. The van der Waals surface area contributed by atoms with Crippen molar-refractivity contribution in [3.05, 3.63) is 98.0 Å². The van der Waals surface area contributed by atoms with E-state index in [1.807, 2.05) is 44.2 Å². The first-order valence-corrected chi connectivity index (χ1v) is 11.5. The van der Waals surface area contributed by atoms with Gasteiger partial charge in [-0.05, 0) is 55.3 Å². The van der Waals surface area contributed by atoms with Crippen molar-refractivity contribution in [2.75, 3.05) is 0 Å². The third kappa shape index (κ3) is 4.43. The molecule has 7 heteroatoms. The number of para-hydroxylation sites is 1. The molecule has 0 radical (unpaired) electrons. The monoisotopic (exact) mass is 447 g/mol. The Kier molecular flexibility index (Phi) is 6.37. The maximum atomic E-state index is 13.3. The first-order chi connectivity index (χ1) is 15.5. The van der Waals surface area contributed by atoms with Crippen molar-refractivity contribution in [1.82, 2.24) is 14.5 Å². The van der Waals surface area contributed by atoms with Gasteiger partial charge in [-0.1, -0.05) is 48.5 Å². The molecule has 0 saturated heterocycles. The SMILES string of the molecule is Cc1ccccc1-n1c(=O)c2sccc2n(CC(=O)N[C@H](C)CCc2ccccc2)c1=O. The lowest BCUT2D eigenvalue weighted by atomic mass is 10.1. The van der Waals surface area contributed by atoms with E-state index in [9.17, 15) is 14.4 Å². The maximum Gasteiger partial charge on any atom is 0.336 e. The first kappa shape index (κ1) is 21.8. The Morgan fingerprint density at radius 3 is 2.50 bits per heavy atom. The van der Waals surface area contributed by atoms with Crippen molar-refractivity contribution in [3.8, 4) is 5.69 Å². The average molecular weight is 448 g/mol. The number of benzene rings is 2. The zero-order chi connectivity index (χ0) is 22.7. The number of hydrogen-bond acceptors (Lipinski definition) is 4. The number of fused-ring (bicyclic) bond motifs is 1. The normalized spacial score (nSPS) is 12.1. The number of carbonyl (C=O) groups excluding carboxylic acids is 1. The van der Waals surface area contributed by atoms with Gasteiger partial charge in [-0.3, -0.25) is 14.2 Å². The van der Waals surface area contributed by atoms with Gasteiger partial charge in [0.2, 0.25) is 5.91 Å². The van der Waals surface area contributed by atoms with Crippen molar-refractivity contribution in [1.29, 1.82) is 0 Å². The smallest absolute Gasteiger partial charge is 0.336 e. The van der Waals surface area contributed by atoms with E-state index >= 15 is 0 Å². The van der Waals surface area contributed by atoms with Crippen molar-refractivity contribution in [2.45, 2.75) is 39.3 Å². The number of nitrogens with one attached hydrogen (secondary N) is 1. The van der Waals surface area contributed by atoms with Crippen molar-refractivity contribution >= 4 is 27.5 Å². The van der Waals surface area contributed by atoms with Gasteiger partial charge in [0.1, 0.15) is 11.2 Å². The second-order valence-electron chi connectivity index (χ2n) is 7.92. The molecule has 0 aliphatic carbocycles. The topological polar surface area (TPSA) is 73.1 Å². The Hall–Kier alpha value is -3.45. The Morgan fingerprint density at radius 2 is 1.75 bits per heavy atom. The molecule has 0 bridgehead atoms. The average Bonchev–Trinajstić information content (AvgIpc) is 3.27. The standard InChI is InChI=1S/C25H25N3O3S/c1-17-8-6-7-11-20(17)28-24(30)23-21(14-15-32-23)27(25(28)31)16-22(29)26-18(2)12-13-19-9-4-3-5-10-19/h3-11,14-15,18H,12-13,16H2,1-2H3,(H,26,29)/t18-/m1/s1. The molecule has 4 rings (SSSR count). The quantitative estimate of drug-likeness (QED) is 0.470. The van der Waals surface area contributed by atoms with Gasteiger partial charge in [-0.15, -0.1) is 11.3 Å². The number of aryl methyl sites for hydroxylation is 2. The van der Waals surface area contributed by atoms with Crippen LogP contribution in [0.25, 0.3) is 15.9 Å². The Labute approximate surface area is 189 Å². The predicted molar refractivity (Wildman–Crippen MR) is 129 cm³/mol. The summed E-state index contributed by atoms with van der Waals surface area (Å²) in [4.78, 5) is 39.2. The summed E-state index contributed by atoms with van der Waals surface area (Å²) in [5, 5.41) is 4.75. The van der Waals surface area contributed by atoms with Gasteiger partial charge >= 0.3 is 5.69 Å². The van der Waals surface area contributed by atoms with Gasteiger partial charge in [-0.25, -0.2) is 9.36 Å². The number of rotatable bonds is 7. The molecule has 0 spiro atoms. The number of carbonyl (C=O) groups is 1. The Balaban J connectivity index is 1.60. The fraction of sp³-hybridized carbons (Fsp3) is 0.240. The third-order valence-electron chi connectivity index (χ3n) is 5.53. The number of nitrogens with zero attached hydrogens (tertiary/aromatic N) is 2. The Bertz CT molecular complexity index is 1370. The minimum Gasteiger partial charge on any atom is -0.352 e. The van der Waals surface area contributed by atoms with Crippen LogP contribution in [0.15, 0.2) is 75.6 Å². The molecular formula is C25H25N3O3S. The van der Waals surface area contributed by atoms with E-state index in [4.69, 9.17) is 0 Å². The number of hydrogen-bond donors (Lipinski definition) is 1. The van der Waals surface area contributed by atoms with Crippen molar-refractivity contribution in [2.24, 2.45) is 0 Å². The molecule has 1 atom stereocenters. The molecule has 1 amide bonds. The first-order valence-electron chi connectivity index (χ1n) is 10.6. The minimum absolute atomic E-state index is 0.0429. The lowest BCUT2D eigenvalue weighted by molar-refractivity contribution is -0.122. The second kappa shape index (κ2) is 9.36. The molecule has 2 aromatic heterocycles. The number of thiophene rings is 1. The number of amides is 1. The van der Waals surface area contributed by atoms with Crippen LogP contribution in [-0.2, 0) is 17.8 Å². The van der Waals surface area contributed by atoms with Crippen LogP contribution in [-0.4, -0.2) is 21.1 Å². The largest absolute Gasteiger partial charge is 0.352 e. The van der Waals surface area contributed by atoms with E-state index in [0.717, 1.165) is 18.4 Å². The van der Waals surface area contributed by atoms with Gasteiger partial charge in [0.25, 0.3) is 5.56 Å². The molecule has 0 aliphatic heterocycles. The zero-order valence-electron chi connectivity index (χ0n) is 18.1. The van der Waals surface area contributed by atoms with E-state index in [2.05, 4.69) is 17.4 Å². The van der Waals surface area contributed by atoms with Crippen LogP contribution in [0, 0.1) is 6.92 Å². The molecule has 0 aliphatic rings. The van der Waals surface area contributed by atoms with E-state index in [0.29, 0.717) is 15.9 Å². The molecule has 2 heterocycles. The Morgan fingerprint density at radius 1 is 1.03 bits per heavy atom. The van der Waals surface area contributed by atoms with Crippen molar-refractivity contribution in [3.63, 3.8) is 0 Å². The van der Waals surface area contributed by atoms with E-state index in [-0.39, 0.29) is 24.1 Å². The van der Waals surface area contributed by atoms with Gasteiger partial charge < -0.3 is 5.32 Å². The van der Waals surface area contributed by atoms with Crippen LogP contribution in [0.2, 0.25) is 0 Å². The van der Waals surface area contributed by atoms with Crippen LogP contribution in [0.1, 0.15) is 24.5 Å². The van der Waals surface area contributed by atoms with Crippen LogP contribution in [0.5, 0.6) is 0 Å². The summed E-state index contributed by atoms with van der Waals surface area (Å²) in [6.07, 6.45) is 1.65. The van der Waals surface area contributed by atoms with Crippen LogP contribution in [0.4, 0.5) is 0 Å². The number of aromatic nitrogens is 2.